The minimum Gasteiger partial charge on any atom is -0.295 e. The van der Waals surface area contributed by atoms with Crippen LogP contribution in [0.25, 0.3) is 0 Å². The number of allylic oxidation sites excluding steroid dienone is 2. The molecule has 0 N–H and O–H groups in total. The molecule has 0 aromatic heterocycles. The first kappa shape index (κ1) is 16.7. The molecule has 0 saturated carbocycles. The molecule has 1 aromatic carbocycles. The zero-order chi connectivity index (χ0) is 15.2. The highest BCUT2D eigenvalue weighted by Crippen LogP contribution is 2.24. The lowest BCUT2D eigenvalue weighted by Gasteiger charge is -2.15. The molecule has 0 fully saturated rings. The molecule has 0 radical (unpaired) electrons. The molecule has 110 valence electrons. The Morgan fingerprint density at radius 1 is 1.25 bits per heavy atom. The standard InChI is InChI=1S/C19H28O/c1-15(18-13-9-7-11-16(18)2)10-6-8-12-17(20)14-19(3,4)5/h7-9,11-13,15H,6,10,14H2,1-5H3. The van der Waals surface area contributed by atoms with Crippen LogP contribution in [-0.4, -0.2) is 5.78 Å². The predicted molar refractivity (Wildman–Crippen MR) is 87.0 cm³/mol. The lowest BCUT2D eigenvalue weighted by atomic mass is 9.89. The fourth-order valence-electron chi connectivity index (χ4n) is 2.44. The van der Waals surface area contributed by atoms with Crippen LogP contribution in [0.4, 0.5) is 0 Å². The minimum atomic E-state index is 0.0792. The van der Waals surface area contributed by atoms with Crippen molar-refractivity contribution in [3.63, 3.8) is 0 Å². The summed E-state index contributed by atoms with van der Waals surface area (Å²) in [6, 6.07) is 8.54. The van der Waals surface area contributed by atoms with Gasteiger partial charge in [0, 0.05) is 6.42 Å². The number of rotatable bonds is 6. The fourth-order valence-corrected chi connectivity index (χ4v) is 2.44. The number of carbonyl (C=O) groups excluding carboxylic acids is 1. The van der Waals surface area contributed by atoms with E-state index in [1.54, 1.807) is 6.08 Å². The van der Waals surface area contributed by atoms with Gasteiger partial charge < -0.3 is 0 Å². The van der Waals surface area contributed by atoms with Gasteiger partial charge in [0.05, 0.1) is 0 Å². The Kier molecular flexibility index (Phi) is 6.19. The predicted octanol–water partition coefficient (Wildman–Crippen LogP) is 5.44. The van der Waals surface area contributed by atoms with Crippen molar-refractivity contribution in [2.75, 3.05) is 0 Å². The third-order valence-corrected chi connectivity index (χ3v) is 3.49. The van der Waals surface area contributed by atoms with Crippen LogP contribution in [0.1, 0.15) is 64.0 Å². The van der Waals surface area contributed by atoms with Gasteiger partial charge >= 0.3 is 0 Å². The molecule has 0 aliphatic rings. The first-order valence-corrected chi connectivity index (χ1v) is 7.54. The van der Waals surface area contributed by atoms with Crippen LogP contribution in [0.2, 0.25) is 0 Å². The molecule has 0 saturated heterocycles. The van der Waals surface area contributed by atoms with Gasteiger partial charge in [-0.3, -0.25) is 4.79 Å². The Morgan fingerprint density at radius 2 is 1.90 bits per heavy atom. The van der Waals surface area contributed by atoms with Crippen molar-refractivity contribution in [2.24, 2.45) is 5.41 Å². The Hall–Kier alpha value is -1.37. The monoisotopic (exact) mass is 272 g/mol. The lowest BCUT2D eigenvalue weighted by Crippen LogP contribution is -2.10. The van der Waals surface area contributed by atoms with Gasteiger partial charge in [-0.2, -0.15) is 0 Å². The van der Waals surface area contributed by atoms with Crippen molar-refractivity contribution in [1.29, 1.82) is 0 Å². The summed E-state index contributed by atoms with van der Waals surface area (Å²) in [5.41, 5.74) is 2.85. The molecule has 0 amide bonds. The van der Waals surface area contributed by atoms with Crippen molar-refractivity contribution in [2.45, 2.75) is 59.8 Å². The molecule has 0 heterocycles. The maximum Gasteiger partial charge on any atom is 0.155 e. The van der Waals surface area contributed by atoms with Crippen LogP contribution in [0.15, 0.2) is 36.4 Å². The van der Waals surface area contributed by atoms with Crippen LogP contribution in [-0.2, 0) is 4.79 Å². The quantitative estimate of drug-likeness (QED) is 0.630. The van der Waals surface area contributed by atoms with Crippen molar-refractivity contribution in [3.05, 3.63) is 47.5 Å². The highest BCUT2D eigenvalue weighted by atomic mass is 16.1. The molecule has 0 spiro atoms. The van der Waals surface area contributed by atoms with E-state index < -0.39 is 0 Å². The number of hydrogen-bond acceptors (Lipinski definition) is 1. The lowest BCUT2D eigenvalue weighted by molar-refractivity contribution is -0.116. The van der Waals surface area contributed by atoms with E-state index in [2.05, 4.69) is 58.9 Å². The van der Waals surface area contributed by atoms with E-state index in [1.165, 1.54) is 11.1 Å². The number of benzene rings is 1. The molecule has 1 nitrogen and oxygen atoms in total. The first-order chi connectivity index (χ1) is 9.29. The van der Waals surface area contributed by atoms with Gasteiger partial charge in [-0.1, -0.05) is 58.0 Å². The molecule has 0 bridgehead atoms. The Morgan fingerprint density at radius 3 is 2.50 bits per heavy atom. The summed E-state index contributed by atoms with van der Waals surface area (Å²) >= 11 is 0. The average Bonchev–Trinajstić information content (AvgIpc) is 2.33. The Bertz CT molecular complexity index is 463. The van der Waals surface area contributed by atoms with Gasteiger partial charge in [-0.25, -0.2) is 0 Å². The number of aryl methyl sites for hydroxylation is 1. The molecule has 1 aromatic rings. The maximum atomic E-state index is 11.7. The van der Waals surface area contributed by atoms with Crippen LogP contribution >= 0.6 is 0 Å². The van der Waals surface area contributed by atoms with E-state index >= 15 is 0 Å². The highest BCUT2D eigenvalue weighted by molar-refractivity contribution is 5.89. The molecule has 20 heavy (non-hydrogen) atoms. The van der Waals surface area contributed by atoms with Gasteiger partial charge in [-0.05, 0) is 48.3 Å². The third-order valence-electron chi connectivity index (χ3n) is 3.49. The molecule has 0 aliphatic carbocycles. The van der Waals surface area contributed by atoms with Crippen LogP contribution in [0.5, 0.6) is 0 Å². The molecular weight excluding hydrogens is 244 g/mol. The topological polar surface area (TPSA) is 17.1 Å². The average molecular weight is 272 g/mol. The second-order valence-corrected chi connectivity index (χ2v) is 6.94. The molecule has 1 heteroatoms. The molecular formula is C19H28O. The van der Waals surface area contributed by atoms with Crippen LogP contribution < -0.4 is 0 Å². The van der Waals surface area contributed by atoms with Gasteiger partial charge in [-0.15, -0.1) is 0 Å². The van der Waals surface area contributed by atoms with E-state index in [0.29, 0.717) is 12.3 Å². The summed E-state index contributed by atoms with van der Waals surface area (Å²) in [4.78, 5) is 11.7. The van der Waals surface area contributed by atoms with Crippen LogP contribution in [0, 0.1) is 12.3 Å². The summed E-state index contributed by atoms with van der Waals surface area (Å²) in [5.74, 6) is 0.777. The van der Waals surface area contributed by atoms with E-state index in [-0.39, 0.29) is 11.2 Å². The Balaban J connectivity index is 2.41. The zero-order valence-corrected chi connectivity index (χ0v) is 13.6. The van der Waals surface area contributed by atoms with Gasteiger partial charge in [0.15, 0.2) is 5.78 Å². The molecule has 1 rings (SSSR count). The summed E-state index contributed by atoms with van der Waals surface area (Å²) < 4.78 is 0. The summed E-state index contributed by atoms with van der Waals surface area (Å²) in [6.45, 7) is 10.7. The van der Waals surface area contributed by atoms with E-state index in [0.717, 1.165) is 12.8 Å². The van der Waals surface area contributed by atoms with E-state index in [4.69, 9.17) is 0 Å². The minimum absolute atomic E-state index is 0.0792. The fraction of sp³-hybridized carbons (Fsp3) is 0.526. The first-order valence-electron chi connectivity index (χ1n) is 7.54. The molecule has 0 aliphatic heterocycles. The Labute approximate surface area is 124 Å². The highest BCUT2D eigenvalue weighted by Gasteiger charge is 2.13. The summed E-state index contributed by atoms with van der Waals surface area (Å²) in [6.07, 6.45) is 6.46. The second kappa shape index (κ2) is 7.42. The molecule has 1 unspecified atom stereocenters. The summed E-state index contributed by atoms with van der Waals surface area (Å²) in [7, 11) is 0. The SMILES string of the molecule is Cc1ccccc1C(C)CCC=CC(=O)CC(C)(C)C. The third kappa shape index (κ3) is 6.18. The summed E-state index contributed by atoms with van der Waals surface area (Å²) in [5, 5.41) is 0. The normalized spacial score (nSPS) is 13.7. The second-order valence-electron chi connectivity index (χ2n) is 6.94. The van der Waals surface area contributed by atoms with E-state index in [1.807, 2.05) is 6.08 Å². The number of hydrogen-bond donors (Lipinski definition) is 0. The van der Waals surface area contributed by atoms with Crippen molar-refractivity contribution in [3.8, 4) is 0 Å². The van der Waals surface area contributed by atoms with E-state index in [9.17, 15) is 4.79 Å². The zero-order valence-electron chi connectivity index (χ0n) is 13.6. The number of ketones is 1. The smallest absolute Gasteiger partial charge is 0.155 e. The van der Waals surface area contributed by atoms with Gasteiger partial charge in [0.25, 0.3) is 0 Å². The number of carbonyl (C=O) groups is 1. The van der Waals surface area contributed by atoms with Crippen molar-refractivity contribution in [1.82, 2.24) is 0 Å². The van der Waals surface area contributed by atoms with Crippen molar-refractivity contribution < 1.29 is 4.79 Å². The largest absolute Gasteiger partial charge is 0.295 e. The van der Waals surface area contributed by atoms with Gasteiger partial charge in [0.2, 0.25) is 0 Å². The molecule has 1 atom stereocenters. The van der Waals surface area contributed by atoms with Crippen molar-refractivity contribution >= 4 is 5.78 Å². The maximum absolute atomic E-state index is 11.7. The van der Waals surface area contributed by atoms with Gasteiger partial charge in [0.1, 0.15) is 0 Å². The van der Waals surface area contributed by atoms with Crippen LogP contribution in [0.3, 0.4) is 0 Å².